The van der Waals surface area contributed by atoms with Crippen molar-refractivity contribution in [3.8, 4) is 0 Å². The van der Waals surface area contributed by atoms with Crippen molar-refractivity contribution in [1.29, 1.82) is 0 Å². The Hall–Kier alpha value is -2.04. The molecule has 5 heteroatoms. The second kappa shape index (κ2) is 4.26. The Morgan fingerprint density at radius 3 is 3.16 bits per heavy atom. The molecule has 0 aromatic carbocycles. The number of fused-ring (bicyclic) bond motifs is 3. The minimum atomic E-state index is 0.303. The van der Waals surface area contributed by atoms with Gasteiger partial charge in [-0.1, -0.05) is 6.07 Å². The number of anilines is 2. The van der Waals surface area contributed by atoms with E-state index in [1.54, 1.807) is 0 Å². The third-order valence-electron chi connectivity index (χ3n) is 3.98. The Balaban J connectivity index is 1.81. The predicted octanol–water partition coefficient (Wildman–Crippen LogP) is 2.04. The molecule has 0 spiro atoms. The van der Waals surface area contributed by atoms with Gasteiger partial charge in [-0.05, 0) is 30.9 Å². The molecule has 0 saturated carbocycles. The minimum absolute atomic E-state index is 0.303. The van der Waals surface area contributed by atoms with E-state index in [1.165, 1.54) is 23.4 Å². The molecule has 4 heterocycles. The van der Waals surface area contributed by atoms with Gasteiger partial charge < -0.3 is 10.6 Å². The predicted molar refractivity (Wildman–Crippen MR) is 74.5 cm³/mol. The van der Waals surface area contributed by atoms with E-state index in [9.17, 15) is 0 Å². The van der Waals surface area contributed by atoms with Crippen molar-refractivity contribution in [2.75, 3.05) is 23.7 Å². The van der Waals surface area contributed by atoms with Gasteiger partial charge in [0.1, 0.15) is 5.82 Å². The summed E-state index contributed by atoms with van der Waals surface area (Å²) in [5.74, 6) is 2.26. The van der Waals surface area contributed by atoms with Crippen molar-refractivity contribution in [3.05, 3.63) is 35.7 Å². The lowest BCUT2D eigenvalue weighted by molar-refractivity contribution is 0.481. The molecule has 4 rings (SSSR count). The molecule has 5 nitrogen and oxygen atoms in total. The molecule has 98 valence electrons. The van der Waals surface area contributed by atoms with Crippen LogP contribution in [0.25, 0.3) is 0 Å². The second-order valence-electron chi connectivity index (χ2n) is 5.17. The van der Waals surface area contributed by atoms with Crippen LogP contribution >= 0.6 is 0 Å². The maximum absolute atomic E-state index is 4.76. The molecule has 0 radical (unpaired) electrons. The highest BCUT2D eigenvalue weighted by Gasteiger charge is 2.28. The Labute approximate surface area is 112 Å². The van der Waals surface area contributed by atoms with E-state index in [0.29, 0.717) is 6.04 Å². The Morgan fingerprint density at radius 2 is 2.26 bits per heavy atom. The zero-order valence-corrected chi connectivity index (χ0v) is 10.8. The minimum Gasteiger partial charge on any atom is -0.370 e. The number of nitrogens with one attached hydrogen (secondary N) is 2. The molecule has 1 unspecified atom stereocenters. The van der Waals surface area contributed by atoms with Gasteiger partial charge in [0, 0.05) is 31.0 Å². The molecule has 0 bridgehead atoms. The molecule has 1 atom stereocenters. The molecule has 19 heavy (non-hydrogen) atoms. The van der Waals surface area contributed by atoms with E-state index in [-0.39, 0.29) is 0 Å². The number of rotatable bonds is 1. The third kappa shape index (κ3) is 1.69. The lowest BCUT2D eigenvalue weighted by atomic mass is 10.0. The average Bonchev–Trinajstić information content (AvgIpc) is 2.87. The first-order valence-corrected chi connectivity index (χ1v) is 6.92. The van der Waals surface area contributed by atoms with Crippen molar-refractivity contribution < 1.29 is 0 Å². The van der Waals surface area contributed by atoms with Crippen LogP contribution in [0.5, 0.6) is 0 Å². The monoisotopic (exact) mass is 255 g/mol. The van der Waals surface area contributed by atoms with E-state index in [2.05, 4.69) is 26.4 Å². The zero-order valence-electron chi connectivity index (χ0n) is 10.8. The van der Waals surface area contributed by atoms with Crippen LogP contribution in [0.2, 0.25) is 0 Å². The summed E-state index contributed by atoms with van der Waals surface area (Å²) < 4.78 is 2.14. The van der Waals surface area contributed by atoms with E-state index in [4.69, 9.17) is 5.10 Å². The fourth-order valence-corrected chi connectivity index (χ4v) is 3.06. The van der Waals surface area contributed by atoms with E-state index >= 15 is 0 Å². The van der Waals surface area contributed by atoms with E-state index in [0.717, 1.165) is 31.7 Å². The fraction of sp³-hybridized carbons (Fsp3) is 0.429. The molecule has 2 aliphatic rings. The lowest BCUT2D eigenvalue weighted by Gasteiger charge is -2.26. The van der Waals surface area contributed by atoms with Gasteiger partial charge in [-0.15, -0.1) is 0 Å². The van der Waals surface area contributed by atoms with Gasteiger partial charge in [0.25, 0.3) is 0 Å². The van der Waals surface area contributed by atoms with Gasteiger partial charge in [-0.25, -0.2) is 4.68 Å². The molecule has 0 saturated heterocycles. The Kier molecular flexibility index (Phi) is 2.43. The average molecular weight is 255 g/mol. The topological polar surface area (TPSA) is 54.8 Å². The number of hydrogen-bond acceptors (Lipinski definition) is 4. The molecule has 0 amide bonds. The number of pyridine rings is 1. The summed E-state index contributed by atoms with van der Waals surface area (Å²) in [4.78, 5) is 4.24. The third-order valence-corrected chi connectivity index (χ3v) is 3.98. The number of hydrogen-bond donors (Lipinski definition) is 2. The quantitative estimate of drug-likeness (QED) is 0.819. The van der Waals surface area contributed by atoms with Gasteiger partial charge >= 0.3 is 0 Å². The molecule has 2 aromatic heterocycles. The van der Waals surface area contributed by atoms with Crippen molar-refractivity contribution >= 4 is 11.6 Å². The van der Waals surface area contributed by atoms with Crippen LogP contribution in [0, 0.1) is 0 Å². The first-order chi connectivity index (χ1) is 9.43. The smallest absolute Gasteiger partial charge is 0.153 e. The van der Waals surface area contributed by atoms with Crippen LogP contribution < -0.4 is 10.6 Å². The second-order valence-corrected chi connectivity index (χ2v) is 5.17. The summed E-state index contributed by atoms with van der Waals surface area (Å²) in [6.07, 6.45) is 7.13. The first kappa shape index (κ1) is 10.8. The maximum Gasteiger partial charge on any atom is 0.153 e. The fourth-order valence-electron chi connectivity index (χ4n) is 3.06. The van der Waals surface area contributed by atoms with Gasteiger partial charge in [0.05, 0.1) is 6.04 Å². The lowest BCUT2D eigenvalue weighted by Crippen LogP contribution is -2.24. The number of aromatic nitrogens is 3. The SMILES string of the molecule is c1cncc(C2CCNc3c4c(nn32)NCCC4)c1. The van der Waals surface area contributed by atoms with Crippen molar-refractivity contribution in [1.82, 2.24) is 14.8 Å². The molecule has 2 aliphatic heterocycles. The highest BCUT2D eigenvalue weighted by Crippen LogP contribution is 2.36. The summed E-state index contributed by atoms with van der Waals surface area (Å²) in [6, 6.07) is 4.44. The molecular weight excluding hydrogens is 238 g/mol. The van der Waals surface area contributed by atoms with Crippen LogP contribution in [0.3, 0.4) is 0 Å². The molecule has 2 aromatic rings. The van der Waals surface area contributed by atoms with Crippen molar-refractivity contribution in [2.45, 2.75) is 25.3 Å². The summed E-state index contributed by atoms with van der Waals surface area (Å²) in [6.45, 7) is 2.03. The molecular formula is C14H17N5. The summed E-state index contributed by atoms with van der Waals surface area (Å²) in [5, 5.41) is 11.7. The Bertz CT molecular complexity index is 589. The van der Waals surface area contributed by atoms with Gasteiger partial charge in [0.2, 0.25) is 0 Å². The first-order valence-electron chi connectivity index (χ1n) is 6.92. The highest BCUT2D eigenvalue weighted by molar-refractivity contribution is 5.61. The van der Waals surface area contributed by atoms with Crippen molar-refractivity contribution in [2.24, 2.45) is 0 Å². The summed E-state index contributed by atoms with van der Waals surface area (Å²) in [5.41, 5.74) is 2.59. The van der Waals surface area contributed by atoms with Crippen LogP contribution in [0.1, 0.15) is 30.0 Å². The van der Waals surface area contributed by atoms with Gasteiger partial charge in [0.15, 0.2) is 5.82 Å². The van der Waals surface area contributed by atoms with Crippen LogP contribution in [0.15, 0.2) is 24.5 Å². The highest BCUT2D eigenvalue weighted by atomic mass is 15.4. The van der Waals surface area contributed by atoms with Crippen molar-refractivity contribution in [3.63, 3.8) is 0 Å². The van der Waals surface area contributed by atoms with Gasteiger partial charge in [-0.2, -0.15) is 5.10 Å². The largest absolute Gasteiger partial charge is 0.370 e. The Morgan fingerprint density at radius 1 is 1.26 bits per heavy atom. The summed E-state index contributed by atoms with van der Waals surface area (Å²) in [7, 11) is 0. The van der Waals surface area contributed by atoms with Crippen LogP contribution in [-0.4, -0.2) is 27.9 Å². The van der Waals surface area contributed by atoms with Gasteiger partial charge in [-0.3, -0.25) is 4.98 Å². The molecule has 2 N–H and O–H groups in total. The van der Waals surface area contributed by atoms with Crippen LogP contribution in [-0.2, 0) is 6.42 Å². The van der Waals surface area contributed by atoms with E-state index in [1.807, 2.05) is 18.5 Å². The van der Waals surface area contributed by atoms with Crippen LogP contribution in [0.4, 0.5) is 11.6 Å². The normalized spacial score (nSPS) is 20.9. The standard InChI is InChI=1S/C14H17N5/c1-3-10(9-15-6-1)12-5-8-17-14-11-4-2-7-16-13(11)18-19(12)14/h1,3,6,9,12,17H,2,4-5,7-8H2,(H,16,18). The summed E-state index contributed by atoms with van der Waals surface area (Å²) >= 11 is 0. The molecule has 0 fully saturated rings. The zero-order chi connectivity index (χ0) is 12.7. The molecule has 0 aliphatic carbocycles. The number of nitrogens with zero attached hydrogens (tertiary/aromatic N) is 3. The van der Waals surface area contributed by atoms with E-state index < -0.39 is 0 Å². The maximum atomic E-state index is 4.76.